The number of likely N-dealkylation sites (tertiary alicyclic amines) is 1. The Labute approximate surface area is 216 Å². The Morgan fingerprint density at radius 2 is 2.08 bits per heavy atom. The summed E-state index contributed by atoms with van der Waals surface area (Å²) in [7, 11) is 0. The van der Waals surface area contributed by atoms with Crippen molar-refractivity contribution >= 4 is 45.8 Å². The Hall–Kier alpha value is -3.97. The monoisotopic (exact) mass is 523 g/mol. The number of hydrogen-bond donors (Lipinski definition) is 2. The molecule has 3 atom stereocenters. The van der Waals surface area contributed by atoms with Gasteiger partial charge in [-0.3, -0.25) is 10.1 Å². The molecule has 1 aliphatic heterocycles. The molecule has 9 nitrogen and oxygen atoms in total. The zero-order chi connectivity index (χ0) is 26.7. The van der Waals surface area contributed by atoms with Crippen molar-refractivity contribution in [2.24, 2.45) is 22.7 Å². The Kier molecular flexibility index (Phi) is 5.72. The lowest BCUT2D eigenvalue weighted by Gasteiger charge is -2.31. The lowest BCUT2D eigenvalue weighted by atomic mass is 9.75. The van der Waals surface area contributed by atoms with E-state index in [0.29, 0.717) is 29.0 Å². The lowest BCUT2D eigenvalue weighted by molar-refractivity contribution is -0.385. The van der Waals surface area contributed by atoms with E-state index in [9.17, 15) is 24.4 Å². The van der Waals surface area contributed by atoms with Gasteiger partial charge in [0, 0.05) is 46.8 Å². The van der Waals surface area contributed by atoms with Crippen LogP contribution >= 0.6 is 11.6 Å². The Balaban J connectivity index is 1.52. The first kappa shape index (κ1) is 24.7. The van der Waals surface area contributed by atoms with Crippen molar-refractivity contribution in [2.75, 3.05) is 18.4 Å². The molecule has 1 aromatic heterocycles. The summed E-state index contributed by atoms with van der Waals surface area (Å²) in [6.45, 7) is 6.99. The quantitative estimate of drug-likeness (QED) is 0.256. The van der Waals surface area contributed by atoms with Crippen LogP contribution in [0.1, 0.15) is 26.3 Å². The zero-order valence-electron chi connectivity index (χ0n) is 20.2. The maximum Gasteiger partial charge on any atom is 0.407 e. The first-order valence-corrected chi connectivity index (χ1v) is 11.9. The van der Waals surface area contributed by atoms with Crippen LogP contribution in [-0.4, -0.2) is 44.1 Å². The average molecular weight is 524 g/mol. The van der Waals surface area contributed by atoms with Crippen molar-refractivity contribution in [1.82, 2.24) is 14.9 Å². The van der Waals surface area contributed by atoms with Gasteiger partial charge in [0.1, 0.15) is 23.5 Å². The molecule has 190 valence electrons. The van der Waals surface area contributed by atoms with Crippen LogP contribution in [0.5, 0.6) is 0 Å². The van der Waals surface area contributed by atoms with Crippen molar-refractivity contribution in [2.45, 2.75) is 20.8 Å². The smallest absolute Gasteiger partial charge is 0.407 e. The number of amides is 1. The number of nitrogens with one attached hydrogen (secondary N) is 1. The van der Waals surface area contributed by atoms with Gasteiger partial charge >= 0.3 is 6.09 Å². The molecule has 2 N–H and O–H groups in total. The third-order valence-corrected chi connectivity index (χ3v) is 7.77. The number of rotatable bonds is 3. The molecule has 37 heavy (non-hydrogen) atoms. The molecule has 1 amide bonds. The number of piperidine rings is 1. The lowest BCUT2D eigenvalue weighted by Crippen LogP contribution is -2.36. The van der Waals surface area contributed by atoms with Gasteiger partial charge < -0.3 is 15.3 Å². The standard InChI is InChI=1S/C26H23ClFN5O4/c1-25(2,3)26-12-32(24(34)35)11-18(26)17(26)6-4-14-8-20-16(10-22(14)33(36)37)23(30-13-29-20)31-21-9-15(27)5-7-19(21)28/h5,7-10,13,17-18H,11-12H2,1-3H3,(H,34,35)(H,29,30,31)/t17-,18+,26+/m1/s1. The van der Waals surface area contributed by atoms with Crippen LogP contribution in [0, 0.1) is 50.4 Å². The van der Waals surface area contributed by atoms with E-state index in [2.05, 4.69) is 47.9 Å². The van der Waals surface area contributed by atoms with Crippen molar-refractivity contribution in [3.05, 3.63) is 63.2 Å². The maximum absolute atomic E-state index is 14.3. The summed E-state index contributed by atoms with van der Waals surface area (Å²) in [6.07, 6.45) is 0.325. The number of benzene rings is 2. The van der Waals surface area contributed by atoms with Crippen LogP contribution in [0.15, 0.2) is 36.7 Å². The van der Waals surface area contributed by atoms with E-state index >= 15 is 0 Å². The van der Waals surface area contributed by atoms with Crippen LogP contribution in [0.4, 0.5) is 26.4 Å². The van der Waals surface area contributed by atoms with Crippen molar-refractivity contribution in [1.29, 1.82) is 0 Å². The van der Waals surface area contributed by atoms with E-state index in [1.165, 1.54) is 41.6 Å². The normalized spacial score (nSPS) is 22.2. The van der Waals surface area contributed by atoms with Gasteiger partial charge in [0.15, 0.2) is 0 Å². The molecule has 2 heterocycles. The second kappa shape index (κ2) is 8.56. The molecule has 0 bridgehead atoms. The number of anilines is 2. The highest BCUT2D eigenvalue weighted by atomic mass is 35.5. The number of fused-ring (bicyclic) bond motifs is 2. The highest BCUT2D eigenvalue weighted by Crippen LogP contribution is 2.71. The van der Waals surface area contributed by atoms with Gasteiger partial charge in [0.05, 0.1) is 16.1 Å². The van der Waals surface area contributed by atoms with Gasteiger partial charge in [-0.2, -0.15) is 0 Å². The van der Waals surface area contributed by atoms with Crippen LogP contribution in [0.25, 0.3) is 10.9 Å². The Bertz CT molecular complexity index is 1530. The molecular weight excluding hydrogens is 501 g/mol. The number of nitro benzene ring substituents is 1. The van der Waals surface area contributed by atoms with Crippen LogP contribution in [0.3, 0.4) is 0 Å². The van der Waals surface area contributed by atoms with Crippen molar-refractivity contribution in [3.8, 4) is 11.8 Å². The van der Waals surface area contributed by atoms with Gasteiger partial charge in [-0.25, -0.2) is 19.2 Å². The van der Waals surface area contributed by atoms with Crippen LogP contribution < -0.4 is 5.32 Å². The first-order valence-electron chi connectivity index (χ1n) is 11.6. The number of carboxylic acid groups (broad SMARTS) is 1. The molecule has 0 radical (unpaired) electrons. The molecule has 0 spiro atoms. The van der Waals surface area contributed by atoms with Crippen molar-refractivity contribution in [3.63, 3.8) is 0 Å². The van der Waals surface area contributed by atoms with E-state index < -0.39 is 16.8 Å². The zero-order valence-corrected chi connectivity index (χ0v) is 21.0. The third kappa shape index (κ3) is 4.09. The summed E-state index contributed by atoms with van der Waals surface area (Å²) in [4.78, 5) is 32.7. The summed E-state index contributed by atoms with van der Waals surface area (Å²) in [5.74, 6) is 5.82. The Morgan fingerprint density at radius 1 is 1.32 bits per heavy atom. The largest absolute Gasteiger partial charge is 0.465 e. The first-order chi connectivity index (χ1) is 17.4. The molecule has 2 aliphatic rings. The minimum Gasteiger partial charge on any atom is -0.465 e. The summed E-state index contributed by atoms with van der Waals surface area (Å²) in [6, 6.07) is 6.85. The number of halogens is 2. The molecule has 3 aromatic rings. The minimum absolute atomic E-state index is 0.0707. The van der Waals surface area contributed by atoms with E-state index in [-0.39, 0.29) is 45.4 Å². The summed E-state index contributed by atoms with van der Waals surface area (Å²) >= 11 is 5.98. The van der Waals surface area contributed by atoms with Gasteiger partial charge in [-0.1, -0.05) is 44.2 Å². The minimum atomic E-state index is -0.950. The van der Waals surface area contributed by atoms with Crippen LogP contribution in [0.2, 0.25) is 5.02 Å². The molecule has 5 rings (SSSR count). The van der Waals surface area contributed by atoms with Gasteiger partial charge in [0.25, 0.3) is 5.69 Å². The Morgan fingerprint density at radius 3 is 2.73 bits per heavy atom. The van der Waals surface area contributed by atoms with E-state index in [4.69, 9.17) is 11.6 Å². The molecule has 1 saturated heterocycles. The molecule has 1 aliphatic carbocycles. The van der Waals surface area contributed by atoms with Gasteiger partial charge in [-0.05, 0) is 29.7 Å². The third-order valence-electron chi connectivity index (χ3n) is 7.54. The highest BCUT2D eigenvalue weighted by Gasteiger charge is 2.73. The van der Waals surface area contributed by atoms with Gasteiger partial charge in [-0.15, -0.1) is 0 Å². The molecule has 2 aromatic carbocycles. The summed E-state index contributed by atoms with van der Waals surface area (Å²) in [5, 5.41) is 24.9. The number of carbonyl (C=O) groups is 1. The van der Waals surface area contributed by atoms with E-state index in [1.54, 1.807) is 0 Å². The topological polar surface area (TPSA) is 121 Å². The fourth-order valence-electron chi connectivity index (χ4n) is 5.57. The SMILES string of the molecule is CC(C)(C)[C@]12CN(C(=O)O)C[C@H]1[C@H]2C#Cc1cc2ncnc(Nc3cc(Cl)ccc3F)c2cc1[N+](=O)[O-]. The molecular formula is C26H23ClFN5O4. The highest BCUT2D eigenvalue weighted by molar-refractivity contribution is 6.30. The average Bonchev–Trinajstić information content (AvgIpc) is 3.23. The molecule has 2 fully saturated rings. The fourth-order valence-corrected chi connectivity index (χ4v) is 5.75. The van der Waals surface area contributed by atoms with Gasteiger partial charge in [0.2, 0.25) is 0 Å². The number of aromatic nitrogens is 2. The molecule has 11 heteroatoms. The number of hydrogen-bond acceptors (Lipinski definition) is 6. The predicted molar refractivity (Wildman–Crippen MR) is 136 cm³/mol. The second-order valence-corrected chi connectivity index (χ2v) is 10.9. The fraction of sp³-hybridized carbons (Fsp3) is 0.346. The van der Waals surface area contributed by atoms with Crippen molar-refractivity contribution < 1.29 is 19.2 Å². The molecule has 0 unspecified atom stereocenters. The second-order valence-electron chi connectivity index (χ2n) is 10.4. The predicted octanol–water partition coefficient (Wildman–Crippen LogP) is 5.70. The number of nitrogens with zero attached hydrogens (tertiary/aromatic N) is 4. The van der Waals surface area contributed by atoms with E-state index in [1.807, 2.05) is 0 Å². The molecule has 1 saturated carbocycles. The summed E-state index contributed by atoms with van der Waals surface area (Å²) < 4.78 is 14.3. The number of nitro groups is 1. The van der Waals surface area contributed by atoms with Crippen LogP contribution in [-0.2, 0) is 0 Å². The van der Waals surface area contributed by atoms with E-state index in [0.717, 1.165) is 0 Å². The maximum atomic E-state index is 14.3. The summed E-state index contributed by atoms with van der Waals surface area (Å²) in [5.41, 5.74) is -0.0625.